The summed E-state index contributed by atoms with van der Waals surface area (Å²) in [6, 6.07) is 16.4. The molecule has 168 valence electrons. The van der Waals surface area contributed by atoms with Gasteiger partial charge in [-0.05, 0) is 38.0 Å². The van der Waals surface area contributed by atoms with Crippen molar-refractivity contribution >= 4 is 28.6 Å². The molecule has 0 fully saturated rings. The first-order valence-electron chi connectivity index (χ1n) is 11.0. The minimum absolute atomic E-state index is 0.0291. The average Bonchev–Trinajstić information content (AvgIpc) is 2.77. The Balaban J connectivity index is 2.14. The van der Waals surface area contributed by atoms with Crippen LogP contribution in [0.1, 0.15) is 45.2 Å². The number of nitrogens with one attached hydrogen (secondary N) is 1. The molecule has 0 spiro atoms. The van der Waals surface area contributed by atoms with E-state index in [0.717, 1.165) is 24.0 Å². The number of amides is 1. The lowest BCUT2D eigenvalue weighted by molar-refractivity contribution is -0.125. The van der Waals surface area contributed by atoms with Crippen molar-refractivity contribution in [2.45, 2.75) is 57.3 Å². The molecule has 0 aliphatic rings. The number of fused-ring (bicyclic) bond motifs is 1. The fourth-order valence-corrected chi connectivity index (χ4v) is 4.56. The number of aromatic nitrogens is 2. The van der Waals surface area contributed by atoms with Crippen molar-refractivity contribution in [1.82, 2.24) is 14.9 Å². The van der Waals surface area contributed by atoms with Gasteiger partial charge in [0.15, 0.2) is 5.16 Å². The van der Waals surface area contributed by atoms with Crippen LogP contribution in [0.15, 0.2) is 76.7 Å². The van der Waals surface area contributed by atoms with Crippen molar-refractivity contribution in [3.8, 4) is 0 Å². The minimum Gasteiger partial charge on any atom is -0.352 e. The van der Waals surface area contributed by atoms with Crippen LogP contribution in [0.25, 0.3) is 10.9 Å². The molecular formula is C26H31N3O2S. The third kappa shape index (κ3) is 5.88. The molecule has 1 amide bonds. The van der Waals surface area contributed by atoms with Crippen LogP contribution < -0.4 is 10.9 Å². The number of carbonyl (C=O) groups is 1. The third-order valence-corrected chi connectivity index (χ3v) is 6.40. The molecule has 2 aromatic carbocycles. The summed E-state index contributed by atoms with van der Waals surface area (Å²) in [4.78, 5) is 31.9. The summed E-state index contributed by atoms with van der Waals surface area (Å²) in [6.45, 7) is 10.0. The van der Waals surface area contributed by atoms with E-state index in [1.54, 1.807) is 10.6 Å². The lowest BCUT2D eigenvalue weighted by atomic mass is 10.0. The molecule has 0 aliphatic heterocycles. The van der Waals surface area contributed by atoms with Crippen LogP contribution >= 0.6 is 11.8 Å². The van der Waals surface area contributed by atoms with Crippen LogP contribution in [-0.2, 0) is 11.2 Å². The van der Waals surface area contributed by atoms with E-state index in [1.807, 2.05) is 62.4 Å². The molecule has 2 atom stereocenters. The summed E-state index contributed by atoms with van der Waals surface area (Å²) in [6.07, 6.45) is 2.26. The molecule has 2 unspecified atom stereocenters. The van der Waals surface area contributed by atoms with Gasteiger partial charge in [0, 0.05) is 18.2 Å². The summed E-state index contributed by atoms with van der Waals surface area (Å²) in [5, 5.41) is 4.17. The fraction of sp³-hybridized carbons (Fsp3) is 0.346. The van der Waals surface area contributed by atoms with Crippen molar-refractivity contribution in [3.05, 3.63) is 82.7 Å². The molecule has 0 saturated carbocycles. The van der Waals surface area contributed by atoms with E-state index in [9.17, 15) is 9.59 Å². The standard InChI is InChI=1S/C26H31N3O2S/c1-5-11-19(4)27-24(30)23(16-20-12-7-6-8-13-20)29-25(31)21-14-9-10-15-22(21)28-26(29)32-17-18(2)3/h6-10,12-15,19,23H,2,5,11,16-17H2,1,3-4H3,(H,27,30). The summed E-state index contributed by atoms with van der Waals surface area (Å²) in [5.74, 6) is 0.461. The van der Waals surface area contributed by atoms with Crippen LogP contribution in [-0.4, -0.2) is 27.3 Å². The fourth-order valence-electron chi connectivity index (χ4n) is 3.67. The monoisotopic (exact) mass is 449 g/mol. The molecule has 0 aliphatic carbocycles. The van der Waals surface area contributed by atoms with E-state index in [4.69, 9.17) is 4.98 Å². The van der Waals surface area contributed by atoms with Crippen LogP contribution in [0, 0.1) is 0 Å². The second-order valence-electron chi connectivity index (χ2n) is 8.24. The first-order valence-corrected chi connectivity index (χ1v) is 12.0. The maximum absolute atomic E-state index is 13.6. The Morgan fingerprint density at radius 3 is 2.53 bits per heavy atom. The molecule has 0 radical (unpaired) electrons. The summed E-state index contributed by atoms with van der Waals surface area (Å²) in [7, 11) is 0. The molecule has 0 bridgehead atoms. The molecular weight excluding hydrogens is 418 g/mol. The molecule has 1 aromatic heterocycles. The van der Waals surface area contributed by atoms with Gasteiger partial charge in [0.1, 0.15) is 6.04 Å². The van der Waals surface area contributed by atoms with E-state index >= 15 is 0 Å². The Hall–Kier alpha value is -2.86. The van der Waals surface area contributed by atoms with Crippen molar-refractivity contribution in [3.63, 3.8) is 0 Å². The number of rotatable bonds is 10. The Morgan fingerprint density at radius 2 is 1.84 bits per heavy atom. The zero-order valence-electron chi connectivity index (χ0n) is 19.0. The van der Waals surface area contributed by atoms with Crippen molar-refractivity contribution in [2.75, 3.05) is 5.75 Å². The number of thioether (sulfide) groups is 1. The SMILES string of the molecule is C=C(C)CSc1nc2ccccc2c(=O)n1C(Cc1ccccc1)C(=O)NC(C)CCC. The van der Waals surface area contributed by atoms with Gasteiger partial charge in [0.2, 0.25) is 5.91 Å². The second-order valence-corrected chi connectivity index (χ2v) is 9.18. The van der Waals surface area contributed by atoms with Gasteiger partial charge in [0.05, 0.1) is 10.9 Å². The Bertz CT molecular complexity index is 1140. The van der Waals surface area contributed by atoms with E-state index in [0.29, 0.717) is 28.2 Å². The molecule has 3 aromatic rings. The van der Waals surface area contributed by atoms with Crippen molar-refractivity contribution in [2.24, 2.45) is 0 Å². The van der Waals surface area contributed by atoms with E-state index in [2.05, 4.69) is 18.8 Å². The number of hydrogen-bond donors (Lipinski definition) is 1. The van der Waals surface area contributed by atoms with Gasteiger partial charge in [-0.15, -0.1) is 0 Å². The summed E-state index contributed by atoms with van der Waals surface area (Å²) >= 11 is 1.44. The van der Waals surface area contributed by atoms with Gasteiger partial charge in [0.25, 0.3) is 5.56 Å². The highest BCUT2D eigenvalue weighted by Gasteiger charge is 2.27. The first-order chi connectivity index (χ1) is 15.4. The highest BCUT2D eigenvalue weighted by molar-refractivity contribution is 7.99. The predicted molar refractivity (Wildman–Crippen MR) is 133 cm³/mol. The van der Waals surface area contributed by atoms with Gasteiger partial charge in [-0.1, -0.05) is 79.7 Å². The topological polar surface area (TPSA) is 64.0 Å². The number of carbonyl (C=O) groups excluding carboxylic acids is 1. The second kappa shape index (κ2) is 11.1. The Morgan fingerprint density at radius 1 is 1.16 bits per heavy atom. The maximum Gasteiger partial charge on any atom is 0.262 e. The molecule has 1 heterocycles. The Labute approximate surface area is 194 Å². The minimum atomic E-state index is -0.700. The molecule has 6 heteroatoms. The van der Waals surface area contributed by atoms with E-state index in [-0.39, 0.29) is 17.5 Å². The Kier molecular flexibility index (Phi) is 8.28. The number of nitrogens with zero attached hydrogens (tertiary/aromatic N) is 2. The largest absolute Gasteiger partial charge is 0.352 e. The number of hydrogen-bond acceptors (Lipinski definition) is 4. The number of benzene rings is 2. The van der Waals surface area contributed by atoms with Crippen LogP contribution in [0.2, 0.25) is 0 Å². The smallest absolute Gasteiger partial charge is 0.262 e. The lowest BCUT2D eigenvalue weighted by Crippen LogP contribution is -2.42. The van der Waals surface area contributed by atoms with Crippen LogP contribution in [0.5, 0.6) is 0 Å². The third-order valence-electron chi connectivity index (χ3n) is 5.22. The first kappa shape index (κ1) is 23.8. The highest BCUT2D eigenvalue weighted by Crippen LogP contribution is 2.25. The van der Waals surface area contributed by atoms with Crippen LogP contribution in [0.4, 0.5) is 0 Å². The summed E-state index contributed by atoms with van der Waals surface area (Å²) in [5.41, 5.74) is 2.41. The van der Waals surface area contributed by atoms with E-state index in [1.165, 1.54) is 11.8 Å². The van der Waals surface area contributed by atoms with Gasteiger partial charge < -0.3 is 5.32 Å². The lowest BCUT2D eigenvalue weighted by Gasteiger charge is -2.24. The molecule has 32 heavy (non-hydrogen) atoms. The van der Waals surface area contributed by atoms with Crippen molar-refractivity contribution < 1.29 is 4.79 Å². The van der Waals surface area contributed by atoms with Crippen molar-refractivity contribution in [1.29, 1.82) is 0 Å². The zero-order chi connectivity index (χ0) is 23.1. The molecule has 1 N–H and O–H groups in total. The van der Waals surface area contributed by atoms with Crippen LogP contribution in [0.3, 0.4) is 0 Å². The predicted octanol–water partition coefficient (Wildman–Crippen LogP) is 5.15. The molecule has 0 saturated heterocycles. The maximum atomic E-state index is 13.6. The van der Waals surface area contributed by atoms with Gasteiger partial charge in [-0.25, -0.2) is 4.98 Å². The zero-order valence-corrected chi connectivity index (χ0v) is 19.8. The van der Waals surface area contributed by atoms with Gasteiger partial charge in [-0.2, -0.15) is 0 Å². The van der Waals surface area contributed by atoms with E-state index < -0.39 is 6.04 Å². The normalized spacial score (nSPS) is 13.0. The van der Waals surface area contributed by atoms with Gasteiger partial charge >= 0.3 is 0 Å². The van der Waals surface area contributed by atoms with Gasteiger partial charge in [-0.3, -0.25) is 14.2 Å². The molecule has 3 rings (SSSR count). The average molecular weight is 450 g/mol. The number of para-hydroxylation sites is 1. The highest BCUT2D eigenvalue weighted by atomic mass is 32.2. The summed E-state index contributed by atoms with van der Waals surface area (Å²) < 4.78 is 1.58. The quantitative estimate of drug-likeness (QED) is 0.264. The molecule has 5 nitrogen and oxygen atoms in total.